The molecular weight excluding hydrogens is 468 g/mol. The van der Waals surface area contributed by atoms with Crippen LogP contribution in [0.4, 0.5) is 11.4 Å². The molecular formula is C29H26N4O4. The second kappa shape index (κ2) is 9.22. The van der Waals surface area contributed by atoms with Gasteiger partial charge in [-0.1, -0.05) is 36.4 Å². The third-order valence-electron chi connectivity index (χ3n) is 7.09. The minimum atomic E-state index is -0.572. The van der Waals surface area contributed by atoms with Crippen LogP contribution in [0.5, 0.6) is 0 Å². The molecule has 186 valence electrons. The lowest BCUT2D eigenvalue weighted by molar-refractivity contribution is -0.116. The largest absolute Gasteiger partial charge is 0.383 e. The zero-order valence-electron chi connectivity index (χ0n) is 20.4. The fraction of sp³-hybridized carbons (Fsp3) is 0.207. The molecule has 3 aromatic carbocycles. The Morgan fingerprint density at radius 1 is 0.892 bits per heavy atom. The number of amides is 3. The van der Waals surface area contributed by atoms with Crippen molar-refractivity contribution in [3.05, 3.63) is 95.7 Å². The molecule has 8 heteroatoms. The molecule has 2 aliphatic heterocycles. The molecule has 0 unspecified atom stereocenters. The number of ether oxygens (including phenoxy) is 1. The van der Waals surface area contributed by atoms with Gasteiger partial charge in [-0.15, -0.1) is 0 Å². The Balaban J connectivity index is 1.25. The van der Waals surface area contributed by atoms with E-state index in [0.29, 0.717) is 30.0 Å². The Hall–Kier alpha value is -4.43. The number of benzene rings is 3. The van der Waals surface area contributed by atoms with Crippen LogP contribution in [0.1, 0.15) is 38.9 Å². The van der Waals surface area contributed by atoms with Crippen molar-refractivity contribution < 1.29 is 19.1 Å². The van der Waals surface area contributed by atoms with Gasteiger partial charge < -0.3 is 19.5 Å². The van der Waals surface area contributed by atoms with Gasteiger partial charge >= 0.3 is 0 Å². The van der Waals surface area contributed by atoms with Crippen LogP contribution < -0.4 is 10.2 Å². The summed E-state index contributed by atoms with van der Waals surface area (Å²) in [5, 5.41) is 3.95. The summed E-state index contributed by atoms with van der Waals surface area (Å²) in [4.78, 5) is 43.2. The van der Waals surface area contributed by atoms with Crippen LogP contribution in [-0.4, -0.2) is 47.4 Å². The van der Waals surface area contributed by atoms with Crippen LogP contribution in [0.2, 0.25) is 0 Å². The van der Waals surface area contributed by atoms with Gasteiger partial charge in [-0.05, 0) is 36.4 Å². The van der Waals surface area contributed by atoms with Crippen molar-refractivity contribution in [2.45, 2.75) is 19.1 Å². The van der Waals surface area contributed by atoms with Crippen LogP contribution >= 0.6 is 0 Å². The Morgan fingerprint density at radius 2 is 1.68 bits per heavy atom. The van der Waals surface area contributed by atoms with Crippen molar-refractivity contribution in [1.29, 1.82) is 0 Å². The maximum atomic E-state index is 13.6. The number of para-hydroxylation sites is 1. The van der Waals surface area contributed by atoms with E-state index in [0.717, 1.165) is 22.2 Å². The summed E-state index contributed by atoms with van der Waals surface area (Å²) >= 11 is 0. The van der Waals surface area contributed by atoms with Crippen LogP contribution in [0.25, 0.3) is 10.9 Å². The van der Waals surface area contributed by atoms with E-state index < -0.39 is 6.17 Å². The average Bonchev–Trinajstić information content (AvgIpc) is 3.47. The minimum absolute atomic E-state index is 0.0926. The average molecular weight is 495 g/mol. The van der Waals surface area contributed by atoms with E-state index in [9.17, 15) is 14.4 Å². The second-order valence-electron chi connectivity index (χ2n) is 9.19. The van der Waals surface area contributed by atoms with Gasteiger partial charge in [0, 0.05) is 49.3 Å². The number of fused-ring (bicyclic) bond motifs is 6. The van der Waals surface area contributed by atoms with Crippen LogP contribution in [0.15, 0.2) is 79.0 Å². The fourth-order valence-electron chi connectivity index (χ4n) is 5.35. The van der Waals surface area contributed by atoms with E-state index in [1.54, 1.807) is 41.2 Å². The van der Waals surface area contributed by atoms with Crippen molar-refractivity contribution >= 4 is 40.0 Å². The molecule has 3 amide bonds. The highest BCUT2D eigenvalue weighted by atomic mass is 16.5. The van der Waals surface area contributed by atoms with Crippen molar-refractivity contribution in [2.24, 2.45) is 0 Å². The van der Waals surface area contributed by atoms with E-state index in [2.05, 4.69) is 9.88 Å². The van der Waals surface area contributed by atoms with E-state index in [-0.39, 0.29) is 30.7 Å². The van der Waals surface area contributed by atoms with Gasteiger partial charge in [0.1, 0.15) is 6.17 Å². The summed E-state index contributed by atoms with van der Waals surface area (Å²) < 4.78 is 7.28. The Labute approximate surface area is 214 Å². The maximum absolute atomic E-state index is 13.6. The van der Waals surface area contributed by atoms with Crippen molar-refractivity contribution in [1.82, 2.24) is 9.47 Å². The topological polar surface area (TPSA) is 83.9 Å². The smallest absolute Gasteiger partial charge is 0.260 e. The van der Waals surface area contributed by atoms with Crippen molar-refractivity contribution in [3.8, 4) is 0 Å². The number of carbonyl (C=O) groups is 3. The first-order chi connectivity index (χ1) is 18.1. The predicted octanol–water partition coefficient (Wildman–Crippen LogP) is 4.43. The van der Waals surface area contributed by atoms with E-state index in [1.807, 2.05) is 54.7 Å². The van der Waals surface area contributed by atoms with Gasteiger partial charge in [0.15, 0.2) is 0 Å². The molecule has 2 aliphatic rings. The lowest BCUT2D eigenvalue weighted by Gasteiger charge is -2.40. The minimum Gasteiger partial charge on any atom is -0.383 e. The lowest BCUT2D eigenvalue weighted by atomic mass is 10.0. The quantitative estimate of drug-likeness (QED) is 0.412. The molecule has 6 rings (SSSR count). The first kappa shape index (κ1) is 23.0. The number of nitrogens with zero attached hydrogens (tertiary/aromatic N) is 3. The third kappa shape index (κ3) is 3.77. The first-order valence-electron chi connectivity index (χ1n) is 12.3. The molecule has 0 saturated carbocycles. The highest BCUT2D eigenvalue weighted by Gasteiger charge is 2.47. The molecule has 0 fully saturated rings. The van der Waals surface area contributed by atoms with Gasteiger partial charge in [-0.2, -0.15) is 0 Å². The number of anilines is 2. The molecule has 0 aliphatic carbocycles. The van der Waals surface area contributed by atoms with Crippen molar-refractivity contribution in [2.75, 3.05) is 30.5 Å². The monoisotopic (exact) mass is 494 g/mol. The Kier molecular flexibility index (Phi) is 5.73. The molecule has 1 atom stereocenters. The summed E-state index contributed by atoms with van der Waals surface area (Å²) in [6, 6.07) is 22.3. The Morgan fingerprint density at radius 3 is 2.51 bits per heavy atom. The number of methoxy groups -OCH3 is 1. The standard InChI is InChI=1S/C29H26N4O4/c1-37-18-17-31-15-13-21-23(10-6-12-24(21)31)30-26(34)14-16-32-27-19-7-2-3-8-20(19)29(36)33(27)25-11-5-4-9-22(25)28(32)35/h2-13,15,27H,14,16-18H2,1H3,(H,30,34)/t27-/m1/s1. The van der Waals surface area contributed by atoms with Gasteiger partial charge in [0.25, 0.3) is 11.8 Å². The molecule has 1 aromatic heterocycles. The van der Waals surface area contributed by atoms with Gasteiger partial charge in [0.05, 0.1) is 29.1 Å². The number of carbonyl (C=O) groups excluding carboxylic acids is 3. The van der Waals surface area contributed by atoms with E-state index in [4.69, 9.17) is 4.74 Å². The molecule has 8 nitrogen and oxygen atoms in total. The molecule has 4 aromatic rings. The number of rotatable bonds is 7. The highest BCUT2D eigenvalue weighted by molar-refractivity contribution is 6.16. The number of hydrogen-bond acceptors (Lipinski definition) is 4. The summed E-state index contributed by atoms with van der Waals surface area (Å²) in [5.41, 5.74) is 4.15. The van der Waals surface area contributed by atoms with Crippen molar-refractivity contribution in [3.63, 3.8) is 0 Å². The molecule has 0 saturated heterocycles. The Bertz CT molecular complexity index is 1540. The SMILES string of the molecule is COCCn1ccc2c(NC(=O)CCN3C(=O)c4ccccc4N4C(=O)c5ccccc5[C@H]34)cccc21. The van der Waals surface area contributed by atoms with E-state index >= 15 is 0 Å². The summed E-state index contributed by atoms with van der Waals surface area (Å²) in [6.07, 6.45) is 1.50. The van der Waals surface area contributed by atoms with Gasteiger partial charge in [-0.25, -0.2) is 0 Å². The number of aromatic nitrogens is 1. The summed E-state index contributed by atoms with van der Waals surface area (Å²) in [5.74, 6) is -0.529. The molecule has 37 heavy (non-hydrogen) atoms. The lowest BCUT2D eigenvalue weighted by Crippen LogP contribution is -2.49. The van der Waals surface area contributed by atoms with Gasteiger partial charge in [0.2, 0.25) is 5.91 Å². The molecule has 3 heterocycles. The summed E-state index contributed by atoms with van der Waals surface area (Å²) in [7, 11) is 1.67. The van der Waals surface area contributed by atoms with E-state index in [1.165, 1.54) is 0 Å². The molecule has 0 spiro atoms. The number of hydrogen-bond donors (Lipinski definition) is 1. The second-order valence-corrected chi connectivity index (χ2v) is 9.19. The predicted molar refractivity (Wildman–Crippen MR) is 141 cm³/mol. The van der Waals surface area contributed by atoms with Crippen LogP contribution in [0, 0.1) is 0 Å². The summed E-state index contributed by atoms with van der Waals surface area (Å²) in [6.45, 7) is 1.48. The first-order valence-corrected chi connectivity index (χ1v) is 12.3. The zero-order valence-corrected chi connectivity index (χ0v) is 20.4. The fourth-order valence-corrected chi connectivity index (χ4v) is 5.35. The number of nitrogens with one attached hydrogen (secondary N) is 1. The van der Waals surface area contributed by atoms with Gasteiger partial charge in [-0.3, -0.25) is 19.3 Å². The van der Waals surface area contributed by atoms with Crippen LogP contribution in [-0.2, 0) is 16.1 Å². The molecule has 0 bridgehead atoms. The molecule has 0 radical (unpaired) electrons. The third-order valence-corrected chi connectivity index (χ3v) is 7.09. The maximum Gasteiger partial charge on any atom is 0.260 e. The zero-order chi connectivity index (χ0) is 25.5. The molecule has 1 N–H and O–H groups in total. The normalized spacial score (nSPS) is 16.1. The highest BCUT2D eigenvalue weighted by Crippen LogP contribution is 2.45. The van der Waals surface area contributed by atoms with Crippen LogP contribution in [0.3, 0.4) is 0 Å².